The summed E-state index contributed by atoms with van der Waals surface area (Å²) in [4.78, 5) is 52.0. The summed E-state index contributed by atoms with van der Waals surface area (Å²) in [5.41, 5.74) is -0.255. The van der Waals surface area contributed by atoms with Gasteiger partial charge in [-0.3, -0.25) is 19.2 Å². The molecule has 2 bridgehead atoms. The highest BCUT2D eigenvalue weighted by atomic mass is 35.5. The third-order valence-corrected chi connectivity index (χ3v) is 12.6. The number of ketones is 1. The van der Waals surface area contributed by atoms with E-state index in [1.165, 1.54) is 30.3 Å². The summed E-state index contributed by atoms with van der Waals surface area (Å²) in [6.45, 7) is 0. The van der Waals surface area contributed by atoms with Crippen molar-refractivity contribution >= 4 is 128 Å². The molecule has 222 valence electrons. The lowest BCUT2D eigenvalue weighted by molar-refractivity contribution is -0.157. The molecule has 3 aliphatic rings. The Morgan fingerprint density at radius 3 is 1.88 bits per heavy atom. The Labute approximate surface area is 283 Å². The van der Waals surface area contributed by atoms with Crippen LogP contribution in [-0.2, 0) is 9.59 Å². The fourth-order valence-electron chi connectivity index (χ4n) is 5.63. The van der Waals surface area contributed by atoms with Crippen LogP contribution < -0.4 is 0 Å². The second-order valence-electron chi connectivity index (χ2n) is 9.71. The number of halogens is 10. The third-order valence-electron chi connectivity index (χ3n) is 7.58. The molecule has 5 atom stereocenters. The number of imide groups is 1. The molecule has 0 spiro atoms. The molecular weight excluding hydrogens is 742 g/mol. The van der Waals surface area contributed by atoms with Gasteiger partial charge in [0.1, 0.15) is 21.6 Å². The zero-order valence-corrected chi connectivity index (χ0v) is 27.3. The van der Waals surface area contributed by atoms with E-state index in [1.54, 1.807) is 0 Å². The number of hydrazine groups is 1. The fraction of sp³-hybridized carbons (Fsp3) is 0.308. The summed E-state index contributed by atoms with van der Waals surface area (Å²) in [5.74, 6) is -8.00. The Hall–Kier alpha value is -1.000. The maximum absolute atomic E-state index is 14.2. The Kier molecular flexibility index (Phi) is 8.57. The van der Waals surface area contributed by atoms with Crippen molar-refractivity contribution in [1.82, 2.24) is 10.0 Å². The maximum Gasteiger partial charge on any atom is 0.275 e. The van der Waals surface area contributed by atoms with Gasteiger partial charge < -0.3 is 0 Å². The van der Waals surface area contributed by atoms with Gasteiger partial charge in [-0.25, -0.2) is 9.40 Å². The van der Waals surface area contributed by atoms with E-state index in [0.717, 1.165) is 12.1 Å². The number of fused-ring (bicyclic) bond motifs is 5. The molecule has 2 aromatic rings. The van der Waals surface area contributed by atoms with E-state index in [1.807, 2.05) is 0 Å². The second kappa shape index (κ2) is 11.1. The van der Waals surface area contributed by atoms with Gasteiger partial charge in [-0.2, -0.15) is 5.01 Å². The Morgan fingerprint density at radius 2 is 1.40 bits per heavy atom. The second-order valence-corrected chi connectivity index (χ2v) is 14.2. The van der Waals surface area contributed by atoms with Gasteiger partial charge in [0.15, 0.2) is 10.1 Å². The summed E-state index contributed by atoms with van der Waals surface area (Å²) in [6.07, 6.45) is -0.256. The van der Waals surface area contributed by atoms with E-state index in [-0.39, 0.29) is 43.5 Å². The first kappa shape index (κ1) is 32.4. The highest BCUT2D eigenvalue weighted by Crippen LogP contribution is 2.77. The number of carbonyl (C=O) groups excluding carboxylic acids is 4. The van der Waals surface area contributed by atoms with Crippen LogP contribution in [0.4, 0.5) is 4.39 Å². The van der Waals surface area contributed by atoms with Crippen LogP contribution in [0.25, 0.3) is 0 Å². The number of Topliss-reactive ketones (excluding diaryl/α,β-unsaturated/α-hetero) is 1. The highest BCUT2D eigenvalue weighted by Gasteiger charge is 2.88. The number of rotatable bonds is 7. The normalized spacial score (nSPS) is 28.4. The molecule has 0 unspecified atom stereocenters. The van der Waals surface area contributed by atoms with Crippen molar-refractivity contribution in [2.75, 3.05) is 5.88 Å². The average molecular weight is 756 g/mol. The molecule has 2 aromatic carbocycles. The van der Waals surface area contributed by atoms with E-state index in [2.05, 4.69) is 0 Å². The van der Waals surface area contributed by atoms with Crippen molar-refractivity contribution in [3.05, 3.63) is 79.5 Å². The van der Waals surface area contributed by atoms with E-state index < -0.39 is 61.3 Å². The molecule has 16 heteroatoms. The van der Waals surface area contributed by atoms with Crippen LogP contribution in [0.15, 0.2) is 52.5 Å². The molecule has 2 fully saturated rings. The van der Waals surface area contributed by atoms with Gasteiger partial charge in [0, 0.05) is 16.5 Å². The average Bonchev–Trinajstić information content (AvgIpc) is 3.31. The number of allylic oxidation sites excluding steroid dienone is 2. The Morgan fingerprint density at radius 1 is 0.881 bits per heavy atom. The molecule has 1 heterocycles. The number of nitrogens with zero attached hydrogens (tertiary/aromatic N) is 2. The van der Waals surface area contributed by atoms with Crippen LogP contribution in [0.5, 0.6) is 0 Å². The molecule has 0 aromatic heterocycles. The Balaban J connectivity index is 1.69. The third kappa shape index (κ3) is 4.26. The quantitative estimate of drug-likeness (QED) is 0.164. The van der Waals surface area contributed by atoms with Crippen LogP contribution in [0.1, 0.15) is 27.1 Å². The standard InChI is InChI=1S/C26H14Cl9FN2O4/c27-8-7-15(18(39)10-1-4-12(36)5-2-10)37(21(40)13-6-3-11(28)9-14(13)29)38-22(41)16-17(23(38)42)25(33)20(31)19(30)24(16,32)26(25,34)35/h1-6,9,15-17H,7-8H2/t15-,16-,17-,24+,25+/m0/s1. The predicted octanol–water partition coefficient (Wildman–Crippen LogP) is 7.82. The largest absolute Gasteiger partial charge is 0.292 e. The lowest BCUT2D eigenvalue weighted by Crippen LogP contribution is -2.60. The van der Waals surface area contributed by atoms with Crippen LogP contribution in [0.3, 0.4) is 0 Å². The molecule has 5 rings (SSSR count). The molecule has 1 aliphatic heterocycles. The minimum absolute atomic E-state index is 0.0400. The molecule has 1 saturated heterocycles. The molecule has 0 radical (unpaired) electrons. The van der Waals surface area contributed by atoms with Crippen LogP contribution in [0, 0.1) is 17.7 Å². The van der Waals surface area contributed by atoms with Gasteiger partial charge in [-0.15, -0.1) is 34.8 Å². The number of hydrogen-bond acceptors (Lipinski definition) is 4. The highest BCUT2D eigenvalue weighted by molar-refractivity contribution is 6.66. The van der Waals surface area contributed by atoms with Crippen molar-refractivity contribution in [1.29, 1.82) is 0 Å². The fourth-order valence-corrected chi connectivity index (χ4v) is 9.25. The lowest BCUT2D eigenvalue weighted by Gasteiger charge is -2.39. The van der Waals surface area contributed by atoms with E-state index in [4.69, 9.17) is 104 Å². The summed E-state index contributed by atoms with van der Waals surface area (Å²) in [7, 11) is 0. The first-order valence-electron chi connectivity index (χ1n) is 11.9. The van der Waals surface area contributed by atoms with Crippen molar-refractivity contribution in [2.24, 2.45) is 11.8 Å². The van der Waals surface area contributed by atoms with Gasteiger partial charge in [-0.1, -0.05) is 69.6 Å². The molecule has 3 amide bonds. The molecule has 0 N–H and O–H groups in total. The molecule has 6 nitrogen and oxygen atoms in total. The summed E-state index contributed by atoms with van der Waals surface area (Å²) in [5, 5.41) is 0.454. The van der Waals surface area contributed by atoms with Crippen molar-refractivity contribution < 1.29 is 23.6 Å². The first-order valence-corrected chi connectivity index (χ1v) is 15.5. The van der Waals surface area contributed by atoms with E-state index in [9.17, 15) is 23.6 Å². The molecule has 1 saturated carbocycles. The Bertz CT molecular complexity index is 1540. The van der Waals surface area contributed by atoms with Gasteiger partial charge >= 0.3 is 0 Å². The number of benzene rings is 2. The summed E-state index contributed by atoms with van der Waals surface area (Å²) in [6, 6.07) is 6.71. The number of amides is 3. The topological polar surface area (TPSA) is 74.8 Å². The monoisotopic (exact) mass is 752 g/mol. The smallest absolute Gasteiger partial charge is 0.275 e. The van der Waals surface area contributed by atoms with Crippen molar-refractivity contribution in [3.8, 4) is 0 Å². The van der Waals surface area contributed by atoms with Crippen LogP contribution in [0.2, 0.25) is 10.0 Å². The number of carbonyl (C=O) groups is 4. The first-order chi connectivity index (χ1) is 19.6. The van der Waals surface area contributed by atoms with E-state index in [0.29, 0.717) is 10.0 Å². The van der Waals surface area contributed by atoms with Gasteiger partial charge in [0.25, 0.3) is 17.7 Å². The zero-order valence-electron chi connectivity index (χ0n) is 20.5. The van der Waals surface area contributed by atoms with Gasteiger partial charge in [0.2, 0.25) is 0 Å². The predicted molar refractivity (Wildman–Crippen MR) is 162 cm³/mol. The number of hydrogen-bond donors (Lipinski definition) is 0. The van der Waals surface area contributed by atoms with Crippen molar-refractivity contribution in [2.45, 2.75) is 26.5 Å². The molecular formula is C26H14Cl9FN2O4. The van der Waals surface area contributed by atoms with Gasteiger partial charge in [-0.05, 0) is 48.9 Å². The van der Waals surface area contributed by atoms with Crippen molar-refractivity contribution in [3.63, 3.8) is 0 Å². The minimum Gasteiger partial charge on any atom is -0.292 e. The zero-order chi connectivity index (χ0) is 31.1. The number of alkyl halides is 5. The summed E-state index contributed by atoms with van der Waals surface area (Å²) >= 11 is 58.0. The van der Waals surface area contributed by atoms with E-state index >= 15 is 0 Å². The molecule has 2 aliphatic carbocycles. The SMILES string of the molecule is O=C(c1ccc(F)cc1)[C@H](CCCl)N(C(=O)c1ccc(Cl)cc1Cl)N1C(=O)[C@@H]2[C@@H](C1=O)[C@@]1(Cl)C(Cl)=C(Cl)[C@@]2(Cl)C1(Cl)Cl. The minimum atomic E-state index is -2.22. The molecule has 42 heavy (non-hydrogen) atoms. The van der Waals surface area contributed by atoms with Crippen LogP contribution in [-0.4, -0.2) is 59.5 Å². The van der Waals surface area contributed by atoms with Gasteiger partial charge in [0.05, 0.1) is 32.5 Å². The maximum atomic E-state index is 14.2. The lowest BCUT2D eigenvalue weighted by atomic mass is 9.84. The van der Waals surface area contributed by atoms with Crippen LogP contribution >= 0.6 is 104 Å². The summed E-state index contributed by atoms with van der Waals surface area (Å²) < 4.78 is 11.4.